The van der Waals surface area contributed by atoms with E-state index in [2.05, 4.69) is 44.9 Å². The van der Waals surface area contributed by atoms with Crippen molar-refractivity contribution in [3.05, 3.63) is 40.5 Å². The minimum atomic E-state index is 0. The number of methoxy groups -OCH3 is 2. The molecular weight excluding hydrogens is 478 g/mol. The van der Waals surface area contributed by atoms with E-state index in [9.17, 15) is 0 Å². The Morgan fingerprint density at radius 3 is 2.52 bits per heavy atom. The van der Waals surface area contributed by atoms with Crippen LogP contribution in [-0.2, 0) is 13.0 Å². The Labute approximate surface area is 175 Å². The van der Waals surface area contributed by atoms with E-state index < -0.39 is 0 Å². The van der Waals surface area contributed by atoms with Gasteiger partial charge in [0.15, 0.2) is 35.7 Å². The summed E-state index contributed by atoms with van der Waals surface area (Å²) in [6, 6.07) is 8.33. The average Bonchev–Trinajstić information content (AvgIpc) is 3.12. The van der Waals surface area contributed by atoms with Crippen LogP contribution in [-0.4, -0.2) is 21.0 Å². The van der Waals surface area contributed by atoms with Crippen molar-refractivity contribution < 1.29 is 40.5 Å². The second-order valence-corrected chi connectivity index (χ2v) is 7.24. The van der Waals surface area contributed by atoms with Crippen molar-refractivity contribution >= 4 is 26.7 Å². The van der Waals surface area contributed by atoms with Crippen molar-refractivity contribution in [1.82, 2.24) is 0 Å². The monoisotopic (exact) mass is 493 g/mol. The summed E-state index contributed by atoms with van der Waals surface area (Å²) in [6.45, 7) is 1.19. The van der Waals surface area contributed by atoms with Crippen LogP contribution in [0.4, 0.5) is 0 Å². The Balaban J connectivity index is 0.00000180. The van der Waals surface area contributed by atoms with Crippen molar-refractivity contribution in [2.24, 2.45) is 0 Å². The van der Waals surface area contributed by atoms with Crippen LogP contribution in [0.5, 0.6) is 23.0 Å². The van der Waals surface area contributed by atoms with E-state index in [0.29, 0.717) is 12.5 Å². The largest absolute Gasteiger partial charge is 1.00 e. The van der Waals surface area contributed by atoms with Gasteiger partial charge in [0.05, 0.1) is 25.2 Å². The van der Waals surface area contributed by atoms with E-state index in [0.717, 1.165) is 51.2 Å². The number of aryl methyl sites for hydroxylation is 2. The van der Waals surface area contributed by atoms with Crippen molar-refractivity contribution in [3.8, 4) is 34.3 Å². The van der Waals surface area contributed by atoms with Crippen LogP contribution in [0.2, 0.25) is 0 Å². The number of nitrogens with zero attached hydrogens (tertiary/aromatic N) is 1. The first kappa shape index (κ1) is 18.4. The predicted molar refractivity (Wildman–Crippen MR) is 100 cm³/mol. The summed E-state index contributed by atoms with van der Waals surface area (Å²) in [6.07, 6.45) is 3.09. The maximum atomic E-state index is 5.63. The molecule has 0 spiro atoms. The van der Waals surface area contributed by atoms with E-state index >= 15 is 0 Å². The van der Waals surface area contributed by atoms with Crippen LogP contribution < -0.4 is 40.5 Å². The highest BCUT2D eigenvalue weighted by Crippen LogP contribution is 2.43. The molecular formula is C20H17Br2NO4. The summed E-state index contributed by atoms with van der Waals surface area (Å²) in [5, 5.41) is 2.10. The summed E-state index contributed by atoms with van der Waals surface area (Å²) < 4.78 is 25.5. The normalized spacial score (nSPS) is 13.6. The molecule has 140 valence electrons. The van der Waals surface area contributed by atoms with Crippen LogP contribution in [0.1, 0.15) is 5.56 Å². The summed E-state index contributed by atoms with van der Waals surface area (Å²) in [7, 11) is 3.33. The van der Waals surface area contributed by atoms with Crippen molar-refractivity contribution in [3.63, 3.8) is 0 Å². The fraction of sp³-hybridized carbons (Fsp3) is 0.250. The highest BCUT2D eigenvalue weighted by molar-refractivity contribution is 9.10. The average molecular weight is 495 g/mol. The first-order chi connectivity index (χ1) is 12.7. The number of benzene rings is 2. The molecule has 2 aromatic carbocycles. The van der Waals surface area contributed by atoms with Gasteiger partial charge in [0, 0.05) is 22.3 Å². The summed E-state index contributed by atoms with van der Waals surface area (Å²) in [4.78, 5) is 0. The van der Waals surface area contributed by atoms with Gasteiger partial charge in [0.1, 0.15) is 0 Å². The fourth-order valence-electron chi connectivity index (χ4n) is 3.81. The molecule has 0 atom stereocenters. The standard InChI is InChI=1S/C20H17BrNO4.BrH/c1-23-19-8-15(21)13-6-16-12-7-18-17(25-10-26-18)5-11(12)3-4-22(16)9-14(13)20(19)24-2;/h5-9H,3-4,10H2,1-2H3;1H/q+1;/p-1. The lowest BCUT2D eigenvalue weighted by Crippen LogP contribution is -3.00. The Morgan fingerprint density at radius 1 is 1.00 bits per heavy atom. The van der Waals surface area contributed by atoms with Gasteiger partial charge < -0.3 is 35.9 Å². The van der Waals surface area contributed by atoms with E-state index in [1.165, 1.54) is 11.1 Å². The molecule has 0 saturated heterocycles. The molecule has 5 rings (SSSR count). The zero-order valence-electron chi connectivity index (χ0n) is 14.8. The van der Waals surface area contributed by atoms with Gasteiger partial charge in [-0.3, -0.25) is 0 Å². The van der Waals surface area contributed by atoms with E-state index in [4.69, 9.17) is 18.9 Å². The van der Waals surface area contributed by atoms with Gasteiger partial charge in [-0.2, -0.15) is 4.57 Å². The van der Waals surface area contributed by atoms with Gasteiger partial charge in [-0.1, -0.05) is 15.9 Å². The third kappa shape index (κ3) is 2.75. The number of halogens is 2. The zero-order chi connectivity index (χ0) is 17.8. The highest BCUT2D eigenvalue weighted by atomic mass is 79.9. The second kappa shape index (κ2) is 6.87. The number of aromatic nitrogens is 1. The van der Waals surface area contributed by atoms with Crippen LogP contribution in [0.25, 0.3) is 22.0 Å². The van der Waals surface area contributed by atoms with Gasteiger partial charge in [0.25, 0.3) is 0 Å². The second-order valence-electron chi connectivity index (χ2n) is 6.39. The number of hydrogen-bond acceptors (Lipinski definition) is 4. The quantitative estimate of drug-likeness (QED) is 0.495. The maximum absolute atomic E-state index is 5.63. The van der Waals surface area contributed by atoms with Gasteiger partial charge in [-0.25, -0.2) is 0 Å². The Morgan fingerprint density at radius 2 is 1.78 bits per heavy atom. The molecule has 0 bridgehead atoms. The lowest BCUT2D eigenvalue weighted by Gasteiger charge is -2.18. The lowest BCUT2D eigenvalue weighted by atomic mass is 9.95. The number of pyridine rings is 1. The third-order valence-corrected chi connectivity index (χ3v) is 5.73. The van der Waals surface area contributed by atoms with E-state index in [1.54, 1.807) is 14.2 Å². The summed E-state index contributed by atoms with van der Waals surface area (Å²) in [5.41, 5.74) is 3.62. The highest BCUT2D eigenvalue weighted by Gasteiger charge is 2.29. The van der Waals surface area contributed by atoms with Gasteiger partial charge in [-0.15, -0.1) is 0 Å². The number of hydrogen-bond donors (Lipinski definition) is 0. The van der Waals surface area contributed by atoms with Crippen molar-refractivity contribution in [2.45, 2.75) is 13.0 Å². The van der Waals surface area contributed by atoms with Gasteiger partial charge >= 0.3 is 0 Å². The molecule has 0 saturated carbocycles. The van der Waals surface area contributed by atoms with Crippen LogP contribution in [0.15, 0.2) is 34.9 Å². The van der Waals surface area contributed by atoms with E-state index in [1.807, 2.05) is 6.07 Å². The maximum Gasteiger partial charge on any atom is 0.231 e. The molecule has 5 nitrogen and oxygen atoms in total. The molecule has 2 aliphatic rings. The molecule has 0 aliphatic carbocycles. The predicted octanol–water partition coefficient (Wildman–Crippen LogP) is 0.863. The molecule has 0 unspecified atom stereocenters. The molecule has 3 aromatic rings. The Kier molecular flexibility index (Phi) is 4.68. The number of ether oxygens (including phenoxy) is 4. The smallest absolute Gasteiger partial charge is 0.231 e. The molecule has 27 heavy (non-hydrogen) atoms. The van der Waals surface area contributed by atoms with Crippen LogP contribution in [0.3, 0.4) is 0 Å². The number of fused-ring (bicyclic) bond motifs is 5. The fourth-order valence-corrected chi connectivity index (χ4v) is 4.35. The molecule has 7 heteroatoms. The first-order valence-corrected chi connectivity index (χ1v) is 9.19. The minimum absolute atomic E-state index is 0. The van der Waals surface area contributed by atoms with Gasteiger partial charge in [-0.05, 0) is 23.8 Å². The molecule has 0 N–H and O–H groups in total. The third-order valence-electron chi connectivity index (χ3n) is 5.07. The van der Waals surface area contributed by atoms with Gasteiger partial charge in [0.2, 0.25) is 12.5 Å². The molecule has 0 radical (unpaired) electrons. The van der Waals surface area contributed by atoms with Crippen molar-refractivity contribution in [1.29, 1.82) is 0 Å². The summed E-state index contributed by atoms with van der Waals surface area (Å²) >= 11 is 3.68. The molecule has 3 heterocycles. The van der Waals surface area contributed by atoms with Crippen LogP contribution in [0, 0.1) is 0 Å². The lowest BCUT2D eigenvalue weighted by molar-refractivity contribution is -0.686. The Bertz CT molecular complexity index is 1070. The minimum Gasteiger partial charge on any atom is -1.00 e. The van der Waals surface area contributed by atoms with Crippen molar-refractivity contribution in [2.75, 3.05) is 21.0 Å². The SMILES string of the molecule is COc1cc(Br)c2cc3[n+](cc2c1OC)CCc1cc2c(cc1-3)OCO2.[Br-]. The first-order valence-electron chi connectivity index (χ1n) is 8.40. The molecule has 0 fully saturated rings. The molecule has 0 amide bonds. The summed E-state index contributed by atoms with van der Waals surface area (Å²) in [5.74, 6) is 3.11. The van der Waals surface area contributed by atoms with E-state index in [-0.39, 0.29) is 17.0 Å². The molecule has 1 aromatic heterocycles. The number of rotatable bonds is 2. The van der Waals surface area contributed by atoms with Crippen LogP contribution >= 0.6 is 15.9 Å². The zero-order valence-corrected chi connectivity index (χ0v) is 18.0. The molecule has 2 aliphatic heterocycles. The Hall–Kier alpha value is -1.99. The topological polar surface area (TPSA) is 40.8 Å².